The maximum absolute atomic E-state index is 9.30. The predicted molar refractivity (Wildman–Crippen MR) is 126 cm³/mol. The Hall–Kier alpha value is -0.0800. The maximum atomic E-state index is 9.30. The van der Waals surface area contributed by atoms with Crippen molar-refractivity contribution in [2.45, 2.75) is 84.0 Å². The van der Waals surface area contributed by atoms with E-state index in [9.17, 15) is 5.11 Å². The molecule has 1 saturated heterocycles. The molecule has 1 fully saturated rings. The Morgan fingerprint density at radius 3 is 2.15 bits per heavy atom. The Labute approximate surface area is 184 Å². The minimum absolute atomic E-state index is 0. The van der Waals surface area contributed by atoms with E-state index in [1.807, 2.05) is 7.05 Å². The monoisotopic (exact) mass is 497 g/mol. The van der Waals surface area contributed by atoms with Crippen LogP contribution < -0.4 is 10.6 Å². The van der Waals surface area contributed by atoms with Gasteiger partial charge in [-0.05, 0) is 19.3 Å². The van der Waals surface area contributed by atoms with E-state index in [0.717, 1.165) is 45.1 Å². The lowest BCUT2D eigenvalue weighted by Gasteiger charge is -2.27. The number of unbranched alkanes of at least 4 members (excludes halogenated alkanes) is 9. The standard InChI is InChI=1S/C21H43N3O2.HI/c1-3-4-5-6-7-8-9-10-11-12-15-23-20(22-2)24-18-21(13-16-25)14-17-26-19-21;/h25H,3-19H2,1-2H3,(H2,22,23,24);1H. The van der Waals surface area contributed by atoms with Crippen LogP contribution in [0.15, 0.2) is 4.99 Å². The molecule has 3 N–H and O–H groups in total. The fraction of sp³-hybridized carbons (Fsp3) is 0.952. The van der Waals surface area contributed by atoms with Crippen molar-refractivity contribution in [2.75, 3.05) is 40.0 Å². The highest BCUT2D eigenvalue weighted by Crippen LogP contribution is 2.31. The van der Waals surface area contributed by atoms with Crippen LogP contribution in [-0.2, 0) is 4.74 Å². The Kier molecular flexibility index (Phi) is 17.9. The van der Waals surface area contributed by atoms with Crippen LogP contribution in [0, 0.1) is 5.41 Å². The second-order valence-electron chi connectivity index (χ2n) is 7.81. The molecule has 0 amide bonds. The van der Waals surface area contributed by atoms with Crippen molar-refractivity contribution in [2.24, 2.45) is 10.4 Å². The smallest absolute Gasteiger partial charge is 0.190 e. The molecule has 0 aromatic rings. The normalized spacial score (nSPS) is 19.7. The molecule has 0 aromatic heterocycles. The van der Waals surface area contributed by atoms with Gasteiger partial charge in [0.1, 0.15) is 0 Å². The fourth-order valence-corrected chi connectivity index (χ4v) is 3.62. The molecule has 0 radical (unpaired) electrons. The molecule has 0 aliphatic carbocycles. The third-order valence-corrected chi connectivity index (χ3v) is 5.50. The SMILES string of the molecule is CCCCCCCCCCCCNC(=NC)NCC1(CCO)CCOC1.I. The molecule has 1 aliphatic heterocycles. The highest BCUT2D eigenvalue weighted by Gasteiger charge is 2.34. The third-order valence-electron chi connectivity index (χ3n) is 5.50. The zero-order chi connectivity index (χ0) is 18.9. The van der Waals surface area contributed by atoms with Crippen molar-refractivity contribution in [1.82, 2.24) is 10.6 Å². The average molecular weight is 498 g/mol. The first kappa shape index (κ1) is 26.9. The minimum atomic E-state index is 0. The number of hydrogen-bond acceptors (Lipinski definition) is 3. The van der Waals surface area contributed by atoms with Gasteiger partial charge < -0.3 is 20.5 Å². The summed E-state index contributed by atoms with van der Waals surface area (Å²) in [5.74, 6) is 0.866. The summed E-state index contributed by atoms with van der Waals surface area (Å²) in [6.07, 6.45) is 15.4. The Morgan fingerprint density at radius 1 is 1.00 bits per heavy atom. The van der Waals surface area contributed by atoms with Gasteiger partial charge in [0.05, 0.1) is 6.61 Å². The molecule has 1 unspecified atom stereocenters. The van der Waals surface area contributed by atoms with Crippen LogP contribution >= 0.6 is 24.0 Å². The molecular formula is C21H44IN3O2. The molecule has 27 heavy (non-hydrogen) atoms. The van der Waals surface area contributed by atoms with Gasteiger partial charge in [0, 0.05) is 38.8 Å². The van der Waals surface area contributed by atoms with E-state index < -0.39 is 0 Å². The lowest BCUT2D eigenvalue weighted by molar-refractivity contribution is 0.127. The van der Waals surface area contributed by atoms with E-state index in [0.29, 0.717) is 0 Å². The van der Waals surface area contributed by atoms with E-state index in [2.05, 4.69) is 22.5 Å². The summed E-state index contributed by atoms with van der Waals surface area (Å²) in [4.78, 5) is 4.31. The van der Waals surface area contributed by atoms with Crippen LogP contribution in [-0.4, -0.2) is 51.0 Å². The predicted octanol–water partition coefficient (Wildman–Crippen LogP) is 4.48. The summed E-state index contributed by atoms with van der Waals surface area (Å²) in [5, 5.41) is 16.1. The number of hydrogen-bond donors (Lipinski definition) is 3. The van der Waals surface area contributed by atoms with Crippen LogP contribution in [0.5, 0.6) is 0 Å². The van der Waals surface area contributed by atoms with E-state index in [-0.39, 0.29) is 36.0 Å². The molecule has 1 aliphatic rings. The van der Waals surface area contributed by atoms with Crippen molar-refractivity contribution >= 4 is 29.9 Å². The third kappa shape index (κ3) is 12.9. The molecule has 1 rings (SSSR count). The van der Waals surface area contributed by atoms with E-state index in [1.165, 1.54) is 64.2 Å². The molecule has 5 nitrogen and oxygen atoms in total. The zero-order valence-corrected chi connectivity index (χ0v) is 20.1. The lowest BCUT2D eigenvalue weighted by Crippen LogP contribution is -2.44. The van der Waals surface area contributed by atoms with Crippen molar-refractivity contribution in [3.63, 3.8) is 0 Å². The van der Waals surface area contributed by atoms with Crippen LogP contribution in [0.3, 0.4) is 0 Å². The van der Waals surface area contributed by atoms with Gasteiger partial charge >= 0.3 is 0 Å². The van der Waals surface area contributed by atoms with Gasteiger partial charge in [-0.1, -0.05) is 64.7 Å². The summed E-state index contributed by atoms with van der Waals surface area (Å²) < 4.78 is 5.54. The van der Waals surface area contributed by atoms with Gasteiger partial charge in [-0.3, -0.25) is 4.99 Å². The van der Waals surface area contributed by atoms with Gasteiger partial charge in [-0.2, -0.15) is 0 Å². The number of guanidine groups is 1. The highest BCUT2D eigenvalue weighted by molar-refractivity contribution is 14.0. The van der Waals surface area contributed by atoms with E-state index >= 15 is 0 Å². The number of ether oxygens (including phenoxy) is 1. The molecule has 162 valence electrons. The summed E-state index contributed by atoms with van der Waals surface area (Å²) in [5.41, 5.74) is 0.0590. The molecule has 0 bridgehead atoms. The number of halogens is 1. The first-order chi connectivity index (χ1) is 12.8. The summed E-state index contributed by atoms with van der Waals surface area (Å²) >= 11 is 0. The first-order valence-electron chi connectivity index (χ1n) is 10.9. The molecule has 0 spiro atoms. The van der Waals surface area contributed by atoms with Gasteiger partial charge in [0.25, 0.3) is 0 Å². The van der Waals surface area contributed by atoms with Crippen LogP contribution in [0.2, 0.25) is 0 Å². The minimum Gasteiger partial charge on any atom is -0.396 e. The summed E-state index contributed by atoms with van der Waals surface area (Å²) in [6.45, 7) is 5.80. The maximum Gasteiger partial charge on any atom is 0.190 e. The van der Waals surface area contributed by atoms with Crippen LogP contribution in [0.4, 0.5) is 0 Å². The first-order valence-corrected chi connectivity index (χ1v) is 10.9. The van der Waals surface area contributed by atoms with Crippen molar-refractivity contribution in [3.05, 3.63) is 0 Å². The highest BCUT2D eigenvalue weighted by atomic mass is 127. The van der Waals surface area contributed by atoms with Gasteiger partial charge in [0.2, 0.25) is 0 Å². The Balaban J connectivity index is 0.00000676. The number of aliphatic imine (C=N–C) groups is 1. The summed E-state index contributed by atoms with van der Waals surface area (Å²) in [7, 11) is 1.82. The largest absolute Gasteiger partial charge is 0.396 e. The lowest BCUT2D eigenvalue weighted by atomic mass is 9.84. The number of nitrogens with one attached hydrogen (secondary N) is 2. The fourth-order valence-electron chi connectivity index (χ4n) is 3.62. The summed E-state index contributed by atoms with van der Waals surface area (Å²) in [6, 6.07) is 0. The molecule has 1 atom stereocenters. The van der Waals surface area contributed by atoms with Crippen molar-refractivity contribution in [3.8, 4) is 0 Å². The number of aliphatic hydroxyl groups excluding tert-OH is 1. The van der Waals surface area contributed by atoms with Gasteiger partial charge in [-0.15, -0.1) is 24.0 Å². The Bertz CT molecular complexity index is 361. The molecular weight excluding hydrogens is 453 g/mol. The second kappa shape index (κ2) is 18.0. The quantitative estimate of drug-likeness (QED) is 0.135. The van der Waals surface area contributed by atoms with Gasteiger partial charge in [0.15, 0.2) is 5.96 Å². The van der Waals surface area contributed by atoms with Crippen molar-refractivity contribution in [1.29, 1.82) is 0 Å². The van der Waals surface area contributed by atoms with Crippen LogP contribution in [0.1, 0.15) is 84.0 Å². The Morgan fingerprint density at radius 2 is 1.63 bits per heavy atom. The number of rotatable bonds is 15. The van der Waals surface area contributed by atoms with Gasteiger partial charge in [-0.25, -0.2) is 0 Å². The number of nitrogens with zero attached hydrogens (tertiary/aromatic N) is 1. The van der Waals surface area contributed by atoms with E-state index in [4.69, 9.17) is 4.74 Å². The van der Waals surface area contributed by atoms with Crippen LogP contribution in [0.25, 0.3) is 0 Å². The van der Waals surface area contributed by atoms with Crippen molar-refractivity contribution < 1.29 is 9.84 Å². The molecule has 0 aromatic carbocycles. The van der Waals surface area contributed by atoms with E-state index in [1.54, 1.807) is 0 Å². The molecule has 1 heterocycles. The molecule has 0 saturated carbocycles. The number of aliphatic hydroxyl groups is 1. The zero-order valence-electron chi connectivity index (χ0n) is 17.7. The average Bonchev–Trinajstić information content (AvgIpc) is 3.11. The molecule has 6 heteroatoms. The second-order valence-corrected chi connectivity index (χ2v) is 7.81. The topological polar surface area (TPSA) is 65.9 Å².